The Balaban J connectivity index is 1.47. The van der Waals surface area contributed by atoms with Crippen molar-refractivity contribution < 1.29 is 4.79 Å². The Morgan fingerprint density at radius 2 is 1.48 bits per heavy atom. The Bertz CT molecular complexity index is 631. The van der Waals surface area contributed by atoms with Gasteiger partial charge in [-0.1, -0.05) is 30.3 Å². The quantitative estimate of drug-likeness (QED) is 0.680. The number of rotatable bonds is 5. The second-order valence-electron chi connectivity index (χ2n) is 6.08. The monoisotopic (exact) mass is 309 g/mol. The van der Waals surface area contributed by atoms with Crippen molar-refractivity contribution in [2.45, 2.75) is 6.54 Å². The molecule has 0 amide bonds. The molecule has 0 bridgehead atoms. The van der Waals surface area contributed by atoms with E-state index in [0.29, 0.717) is 12.2 Å². The first-order valence-electron chi connectivity index (χ1n) is 8.08. The van der Waals surface area contributed by atoms with E-state index < -0.39 is 0 Å². The highest BCUT2D eigenvalue weighted by Crippen LogP contribution is 2.11. The number of nitrogens with zero attached hydrogens (tertiary/aromatic N) is 2. The molecule has 1 aliphatic rings. The van der Waals surface area contributed by atoms with Crippen LogP contribution in [0, 0.1) is 0 Å². The lowest BCUT2D eigenvalue weighted by Crippen LogP contribution is -2.47. The molecule has 1 fully saturated rings. The lowest BCUT2D eigenvalue weighted by Gasteiger charge is -2.34. The molecule has 0 atom stereocenters. The van der Waals surface area contributed by atoms with E-state index in [4.69, 9.17) is 5.73 Å². The molecule has 3 rings (SSSR count). The molecule has 0 unspecified atom stereocenters. The van der Waals surface area contributed by atoms with Crippen molar-refractivity contribution in [2.75, 3.05) is 38.5 Å². The summed E-state index contributed by atoms with van der Waals surface area (Å²) in [6.45, 7) is 5.36. The minimum Gasteiger partial charge on any atom is -0.399 e. The molecule has 1 saturated heterocycles. The van der Waals surface area contributed by atoms with Gasteiger partial charge in [0, 0.05) is 44.0 Å². The molecule has 0 saturated carbocycles. The molecular weight excluding hydrogens is 286 g/mol. The summed E-state index contributed by atoms with van der Waals surface area (Å²) in [7, 11) is 0. The summed E-state index contributed by atoms with van der Waals surface area (Å²) in [4.78, 5) is 17.0. The topological polar surface area (TPSA) is 49.6 Å². The molecule has 2 aromatic rings. The second-order valence-corrected chi connectivity index (χ2v) is 6.08. The van der Waals surface area contributed by atoms with Gasteiger partial charge < -0.3 is 5.73 Å². The van der Waals surface area contributed by atoms with Crippen LogP contribution in [0.5, 0.6) is 0 Å². The maximum absolute atomic E-state index is 12.3. The van der Waals surface area contributed by atoms with Crippen LogP contribution in [0.2, 0.25) is 0 Å². The van der Waals surface area contributed by atoms with Gasteiger partial charge in [-0.2, -0.15) is 0 Å². The molecule has 2 N–H and O–H groups in total. The number of carbonyl (C=O) groups is 1. The third-order valence-corrected chi connectivity index (χ3v) is 4.31. The molecule has 2 aromatic carbocycles. The number of hydrogen-bond acceptors (Lipinski definition) is 4. The zero-order chi connectivity index (χ0) is 16.1. The third kappa shape index (κ3) is 4.41. The molecule has 120 valence electrons. The van der Waals surface area contributed by atoms with Crippen molar-refractivity contribution >= 4 is 11.5 Å². The summed E-state index contributed by atoms with van der Waals surface area (Å²) in [5.74, 6) is 0.168. The lowest BCUT2D eigenvalue weighted by atomic mass is 10.1. The Hall–Kier alpha value is -2.17. The van der Waals surface area contributed by atoms with Gasteiger partial charge in [0.25, 0.3) is 0 Å². The zero-order valence-electron chi connectivity index (χ0n) is 13.3. The third-order valence-electron chi connectivity index (χ3n) is 4.31. The van der Waals surface area contributed by atoms with E-state index in [1.165, 1.54) is 5.56 Å². The highest BCUT2D eigenvalue weighted by Gasteiger charge is 2.19. The Kier molecular flexibility index (Phi) is 5.05. The summed E-state index contributed by atoms with van der Waals surface area (Å²) >= 11 is 0. The summed E-state index contributed by atoms with van der Waals surface area (Å²) in [6, 6.07) is 17.7. The average Bonchev–Trinajstić information content (AvgIpc) is 2.58. The van der Waals surface area contributed by atoms with Crippen LogP contribution in [0.4, 0.5) is 5.69 Å². The molecule has 0 spiro atoms. The first-order valence-corrected chi connectivity index (χ1v) is 8.08. The van der Waals surface area contributed by atoms with E-state index in [0.717, 1.165) is 38.3 Å². The highest BCUT2D eigenvalue weighted by molar-refractivity contribution is 5.97. The van der Waals surface area contributed by atoms with Crippen LogP contribution in [0.25, 0.3) is 0 Å². The normalized spacial score (nSPS) is 16.3. The summed E-state index contributed by atoms with van der Waals surface area (Å²) in [5, 5.41) is 0. The number of benzene rings is 2. The maximum Gasteiger partial charge on any atom is 0.176 e. The van der Waals surface area contributed by atoms with Crippen molar-refractivity contribution in [3.05, 3.63) is 65.7 Å². The molecule has 4 heteroatoms. The smallest absolute Gasteiger partial charge is 0.176 e. The van der Waals surface area contributed by atoms with Gasteiger partial charge in [0.15, 0.2) is 5.78 Å². The highest BCUT2D eigenvalue weighted by atomic mass is 16.1. The van der Waals surface area contributed by atoms with Gasteiger partial charge in [-0.25, -0.2) is 0 Å². The number of ketones is 1. The SMILES string of the molecule is Nc1ccc(C(=O)CN2CCN(Cc3ccccc3)CC2)cc1. The largest absolute Gasteiger partial charge is 0.399 e. The second kappa shape index (κ2) is 7.40. The van der Waals surface area contributed by atoms with Crippen LogP contribution >= 0.6 is 0 Å². The fourth-order valence-corrected chi connectivity index (χ4v) is 2.91. The van der Waals surface area contributed by atoms with Crippen molar-refractivity contribution in [2.24, 2.45) is 0 Å². The van der Waals surface area contributed by atoms with Crippen molar-refractivity contribution in [1.82, 2.24) is 9.80 Å². The van der Waals surface area contributed by atoms with E-state index in [9.17, 15) is 4.79 Å². The van der Waals surface area contributed by atoms with Crippen LogP contribution in [0.1, 0.15) is 15.9 Å². The van der Waals surface area contributed by atoms with E-state index in [1.54, 1.807) is 12.1 Å². The molecule has 4 nitrogen and oxygen atoms in total. The number of Topliss-reactive ketones (excluding diaryl/α,β-unsaturated/α-hetero) is 1. The molecular formula is C19H23N3O. The van der Waals surface area contributed by atoms with Crippen LogP contribution in [0.15, 0.2) is 54.6 Å². The van der Waals surface area contributed by atoms with Crippen molar-refractivity contribution in [3.63, 3.8) is 0 Å². The summed E-state index contributed by atoms with van der Waals surface area (Å²) < 4.78 is 0. The van der Waals surface area contributed by atoms with E-state index in [-0.39, 0.29) is 5.78 Å². The Morgan fingerprint density at radius 1 is 0.870 bits per heavy atom. The predicted octanol–water partition coefficient (Wildman–Crippen LogP) is 2.27. The fraction of sp³-hybridized carbons (Fsp3) is 0.316. The number of anilines is 1. The van der Waals surface area contributed by atoms with Gasteiger partial charge in [0.05, 0.1) is 6.54 Å². The van der Waals surface area contributed by atoms with Crippen LogP contribution in [0.3, 0.4) is 0 Å². The van der Waals surface area contributed by atoms with E-state index in [1.807, 2.05) is 18.2 Å². The molecule has 0 aromatic heterocycles. The van der Waals surface area contributed by atoms with Crippen LogP contribution < -0.4 is 5.73 Å². The Morgan fingerprint density at radius 3 is 2.13 bits per heavy atom. The first kappa shape index (κ1) is 15.7. The summed E-state index contributed by atoms with van der Waals surface area (Å²) in [6.07, 6.45) is 0. The maximum atomic E-state index is 12.3. The minimum absolute atomic E-state index is 0.168. The van der Waals surface area contributed by atoms with Gasteiger partial charge in [0.1, 0.15) is 0 Å². The minimum atomic E-state index is 0.168. The van der Waals surface area contributed by atoms with E-state index >= 15 is 0 Å². The summed E-state index contributed by atoms with van der Waals surface area (Å²) in [5.41, 5.74) is 8.44. The standard InChI is InChI=1S/C19H23N3O/c20-18-8-6-17(7-9-18)19(23)15-22-12-10-21(11-13-22)14-16-4-2-1-3-5-16/h1-9H,10-15,20H2. The van der Waals surface area contributed by atoms with Crippen molar-refractivity contribution in [3.8, 4) is 0 Å². The molecule has 0 aliphatic carbocycles. The van der Waals surface area contributed by atoms with Gasteiger partial charge in [-0.3, -0.25) is 14.6 Å². The van der Waals surface area contributed by atoms with Crippen LogP contribution in [-0.4, -0.2) is 48.3 Å². The molecule has 1 aliphatic heterocycles. The van der Waals surface area contributed by atoms with Gasteiger partial charge >= 0.3 is 0 Å². The molecule has 1 heterocycles. The number of carbonyl (C=O) groups excluding carboxylic acids is 1. The van der Waals surface area contributed by atoms with Gasteiger partial charge in [-0.15, -0.1) is 0 Å². The first-order chi connectivity index (χ1) is 11.2. The Labute approximate surface area is 137 Å². The average molecular weight is 309 g/mol. The van der Waals surface area contributed by atoms with E-state index in [2.05, 4.69) is 34.1 Å². The zero-order valence-corrected chi connectivity index (χ0v) is 13.3. The number of hydrogen-bond donors (Lipinski definition) is 1. The molecule has 0 radical (unpaired) electrons. The van der Waals surface area contributed by atoms with Crippen LogP contribution in [-0.2, 0) is 6.54 Å². The van der Waals surface area contributed by atoms with Gasteiger partial charge in [0.2, 0.25) is 0 Å². The number of nitrogens with two attached hydrogens (primary N) is 1. The number of piperazine rings is 1. The van der Waals surface area contributed by atoms with Gasteiger partial charge in [-0.05, 0) is 29.8 Å². The lowest BCUT2D eigenvalue weighted by molar-refractivity contribution is 0.0844. The van der Waals surface area contributed by atoms with Crippen molar-refractivity contribution in [1.29, 1.82) is 0 Å². The number of nitrogen functional groups attached to an aromatic ring is 1. The molecule has 23 heavy (non-hydrogen) atoms. The fourth-order valence-electron chi connectivity index (χ4n) is 2.91. The predicted molar refractivity (Wildman–Crippen MR) is 93.3 cm³/mol.